The minimum Gasteiger partial charge on any atom is -0.394 e. The summed E-state index contributed by atoms with van der Waals surface area (Å²) in [5, 5.41) is 9.77. The standard InChI is InChI=1S/C36H44N4O6/c1-24-19-29(21-34(44)39-18-6-7-28(39)23-41)46-36(24)30-20-27(38-17-5-3-9-33(38)43)14-15-31(30)40(35(36)45)22-25-10-12-26(13-11-25)37-16-4-2-8-32(37)42/h10-15,20,24,28-29,41H,2-9,16-19,21-23H2,1H3/t24-,28+,29-,36+/m1/s1. The fraction of sp³-hybridized carbons (Fsp3) is 0.556. The van der Waals surface area contributed by atoms with Crippen LogP contribution in [0.25, 0.3) is 0 Å². The van der Waals surface area contributed by atoms with E-state index in [0.29, 0.717) is 38.9 Å². The summed E-state index contributed by atoms with van der Waals surface area (Å²) in [6, 6.07) is 13.5. The molecule has 4 amide bonds. The molecule has 0 unspecified atom stereocenters. The number of rotatable bonds is 7. The summed E-state index contributed by atoms with van der Waals surface area (Å²) in [7, 11) is 0. The second-order valence-corrected chi connectivity index (χ2v) is 13.6. The molecule has 10 heteroatoms. The average molecular weight is 629 g/mol. The third-order valence-electron chi connectivity index (χ3n) is 10.8. The highest BCUT2D eigenvalue weighted by atomic mass is 16.5. The third kappa shape index (κ3) is 5.29. The van der Waals surface area contributed by atoms with Gasteiger partial charge in [-0.05, 0) is 80.8 Å². The van der Waals surface area contributed by atoms with Crippen LogP contribution in [-0.2, 0) is 36.1 Å². The summed E-state index contributed by atoms with van der Waals surface area (Å²) < 4.78 is 6.76. The minimum absolute atomic E-state index is 0.0479. The first-order chi connectivity index (χ1) is 22.3. The summed E-state index contributed by atoms with van der Waals surface area (Å²) in [6.45, 7) is 4.29. The molecule has 4 atom stereocenters. The zero-order valence-electron chi connectivity index (χ0n) is 26.7. The van der Waals surface area contributed by atoms with Gasteiger partial charge in [-0.25, -0.2) is 0 Å². The molecule has 5 aliphatic rings. The van der Waals surface area contributed by atoms with Crippen LogP contribution in [0.5, 0.6) is 0 Å². The lowest BCUT2D eigenvalue weighted by atomic mass is 9.82. The normalized spacial score (nSPS) is 28.1. The van der Waals surface area contributed by atoms with Crippen molar-refractivity contribution in [2.45, 2.75) is 95.4 Å². The molecule has 5 heterocycles. The van der Waals surface area contributed by atoms with E-state index in [0.717, 1.165) is 73.3 Å². The lowest BCUT2D eigenvalue weighted by Crippen LogP contribution is -2.44. The van der Waals surface area contributed by atoms with Gasteiger partial charge >= 0.3 is 0 Å². The molecule has 0 aliphatic carbocycles. The Morgan fingerprint density at radius 2 is 1.57 bits per heavy atom. The summed E-state index contributed by atoms with van der Waals surface area (Å²) >= 11 is 0. The highest BCUT2D eigenvalue weighted by Crippen LogP contribution is 2.55. The molecular weight excluding hydrogens is 584 g/mol. The Morgan fingerprint density at radius 1 is 0.891 bits per heavy atom. The van der Waals surface area contributed by atoms with Gasteiger partial charge in [0.1, 0.15) is 0 Å². The van der Waals surface area contributed by atoms with E-state index in [9.17, 15) is 24.3 Å². The van der Waals surface area contributed by atoms with E-state index in [-0.39, 0.29) is 48.6 Å². The number of aliphatic hydroxyl groups excluding tert-OH is 1. The largest absolute Gasteiger partial charge is 0.394 e. The van der Waals surface area contributed by atoms with Crippen LogP contribution < -0.4 is 14.7 Å². The number of likely N-dealkylation sites (tertiary alicyclic amines) is 1. The molecule has 4 fully saturated rings. The van der Waals surface area contributed by atoms with Crippen LogP contribution in [0.2, 0.25) is 0 Å². The number of carbonyl (C=O) groups is 4. The first-order valence-electron chi connectivity index (χ1n) is 17.0. The number of ether oxygens (including phenoxy) is 1. The Bertz CT molecular complexity index is 1530. The van der Waals surface area contributed by atoms with Crippen molar-refractivity contribution < 1.29 is 29.0 Å². The van der Waals surface area contributed by atoms with Gasteiger partial charge < -0.3 is 29.4 Å². The van der Waals surface area contributed by atoms with Crippen molar-refractivity contribution in [1.29, 1.82) is 0 Å². The van der Waals surface area contributed by atoms with Crippen LogP contribution in [0.1, 0.15) is 82.3 Å². The maximum atomic E-state index is 14.6. The maximum Gasteiger partial charge on any atom is 0.264 e. The molecule has 244 valence electrons. The third-order valence-corrected chi connectivity index (χ3v) is 10.8. The van der Waals surface area contributed by atoms with E-state index in [1.165, 1.54) is 0 Å². The summed E-state index contributed by atoms with van der Waals surface area (Å²) in [5.41, 5.74) is 2.81. The van der Waals surface area contributed by atoms with Gasteiger partial charge in [-0.3, -0.25) is 19.2 Å². The average Bonchev–Trinajstić information content (AvgIpc) is 3.74. The zero-order valence-corrected chi connectivity index (χ0v) is 26.7. The van der Waals surface area contributed by atoms with Crippen molar-refractivity contribution in [1.82, 2.24) is 4.90 Å². The highest BCUT2D eigenvalue weighted by molar-refractivity contribution is 6.08. The summed E-state index contributed by atoms with van der Waals surface area (Å²) in [4.78, 5) is 60.5. The lowest BCUT2D eigenvalue weighted by molar-refractivity contribution is -0.150. The van der Waals surface area contributed by atoms with E-state index < -0.39 is 11.7 Å². The minimum atomic E-state index is -1.27. The fourth-order valence-electron chi connectivity index (χ4n) is 8.30. The Morgan fingerprint density at radius 3 is 2.24 bits per heavy atom. The molecule has 1 N–H and O–H groups in total. The quantitative estimate of drug-likeness (QED) is 0.491. The SMILES string of the molecule is C[C@@H]1C[C@H](CC(=O)N2CCC[C@H]2CO)O[C@@]12C(=O)N(Cc1ccc(N3CCCCC3=O)cc1)c1ccc(N3CCCCC3=O)cc12. The predicted octanol–water partition coefficient (Wildman–Crippen LogP) is 4.26. The van der Waals surface area contributed by atoms with E-state index in [1.54, 1.807) is 9.80 Å². The van der Waals surface area contributed by atoms with Gasteiger partial charge in [0.2, 0.25) is 17.7 Å². The van der Waals surface area contributed by atoms with Gasteiger partial charge in [0.05, 0.1) is 37.4 Å². The van der Waals surface area contributed by atoms with Crippen LogP contribution in [0.4, 0.5) is 17.1 Å². The molecule has 0 radical (unpaired) electrons. The van der Waals surface area contributed by atoms with Crippen molar-refractivity contribution in [2.75, 3.05) is 40.9 Å². The Balaban J connectivity index is 1.19. The number of hydrogen-bond donors (Lipinski definition) is 1. The van der Waals surface area contributed by atoms with Crippen molar-refractivity contribution in [3.05, 3.63) is 53.6 Å². The van der Waals surface area contributed by atoms with Crippen molar-refractivity contribution in [3.63, 3.8) is 0 Å². The van der Waals surface area contributed by atoms with Gasteiger partial charge in [0.25, 0.3) is 5.91 Å². The van der Waals surface area contributed by atoms with Crippen LogP contribution >= 0.6 is 0 Å². The highest BCUT2D eigenvalue weighted by Gasteiger charge is 2.60. The molecule has 2 aromatic carbocycles. The number of fused-ring (bicyclic) bond motifs is 2. The molecule has 0 saturated carbocycles. The number of nitrogens with zero attached hydrogens (tertiary/aromatic N) is 4. The number of carbonyl (C=O) groups excluding carboxylic acids is 4. The topological polar surface area (TPSA) is 111 Å². The first-order valence-corrected chi connectivity index (χ1v) is 17.0. The Hall–Kier alpha value is -3.76. The number of piperidine rings is 2. The molecule has 1 spiro atoms. The molecule has 10 nitrogen and oxygen atoms in total. The monoisotopic (exact) mass is 628 g/mol. The van der Waals surface area contributed by atoms with Gasteiger partial charge in [-0.15, -0.1) is 0 Å². The fourth-order valence-corrected chi connectivity index (χ4v) is 8.30. The molecule has 4 saturated heterocycles. The van der Waals surface area contributed by atoms with Crippen molar-refractivity contribution in [3.8, 4) is 0 Å². The van der Waals surface area contributed by atoms with Gasteiger partial charge in [0.15, 0.2) is 5.60 Å². The molecular formula is C36H44N4O6. The first kappa shape index (κ1) is 30.9. The number of hydrogen-bond acceptors (Lipinski definition) is 6. The number of amides is 4. The number of anilines is 3. The van der Waals surface area contributed by atoms with Crippen LogP contribution in [0.15, 0.2) is 42.5 Å². The molecule has 5 aliphatic heterocycles. The molecule has 2 aromatic rings. The number of benzene rings is 2. The van der Waals surface area contributed by atoms with Crippen LogP contribution in [-0.4, -0.2) is 72.0 Å². The maximum absolute atomic E-state index is 14.6. The van der Waals surface area contributed by atoms with Crippen LogP contribution in [0, 0.1) is 5.92 Å². The van der Waals surface area contributed by atoms with Gasteiger partial charge in [-0.1, -0.05) is 19.1 Å². The second-order valence-electron chi connectivity index (χ2n) is 13.6. The molecule has 7 rings (SSSR count). The lowest BCUT2D eigenvalue weighted by Gasteiger charge is -2.30. The van der Waals surface area contributed by atoms with Crippen LogP contribution in [0.3, 0.4) is 0 Å². The van der Waals surface area contributed by atoms with Crippen molar-refractivity contribution in [2.24, 2.45) is 5.92 Å². The summed E-state index contributed by atoms with van der Waals surface area (Å²) in [6.07, 6.45) is 6.74. The van der Waals surface area contributed by atoms with Crippen molar-refractivity contribution >= 4 is 40.7 Å². The molecule has 0 bridgehead atoms. The molecule has 0 aromatic heterocycles. The van der Waals surface area contributed by atoms with E-state index >= 15 is 0 Å². The number of aliphatic hydroxyl groups is 1. The van der Waals surface area contributed by atoms with E-state index in [4.69, 9.17) is 4.74 Å². The summed E-state index contributed by atoms with van der Waals surface area (Å²) in [5.74, 6) is -0.176. The van der Waals surface area contributed by atoms with E-state index in [1.807, 2.05) is 59.2 Å². The Labute approximate surface area is 270 Å². The Kier molecular flexibility index (Phi) is 8.35. The van der Waals surface area contributed by atoms with Gasteiger partial charge in [-0.2, -0.15) is 0 Å². The zero-order chi connectivity index (χ0) is 32.0. The van der Waals surface area contributed by atoms with E-state index in [2.05, 4.69) is 0 Å². The molecule has 46 heavy (non-hydrogen) atoms. The second kappa shape index (κ2) is 12.4. The van der Waals surface area contributed by atoms with Gasteiger partial charge in [0, 0.05) is 55.3 Å². The predicted molar refractivity (Wildman–Crippen MR) is 173 cm³/mol. The smallest absolute Gasteiger partial charge is 0.264 e.